The van der Waals surface area contributed by atoms with Crippen molar-refractivity contribution in [2.75, 3.05) is 20.1 Å². The van der Waals surface area contributed by atoms with E-state index in [1.54, 1.807) is 0 Å². The summed E-state index contributed by atoms with van der Waals surface area (Å²) in [6.45, 7) is 3.89. The summed E-state index contributed by atoms with van der Waals surface area (Å²) in [6, 6.07) is 2.17. The summed E-state index contributed by atoms with van der Waals surface area (Å²) in [7, 11) is 2.02. The van der Waals surface area contributed by atoms with Crippen LogP contribution in [-0.2, 0) is 0 Å². The van der Waals surface area contributed by atoms with Crippen LogP contribution in [0.3, 0.4) is 0 Å². The van der Waals surface area contributed by atoms with Gasteiger partial charge in [-0.2, -0.15) is 5.26 Å². The fourth-order valence-corrected chi connectivity index (χ4v) is 1.72. The molecule has 0 bridgehead atoms. The first-order chi connectivity index (χ1) is 7.31. The second-order valence-electron chi connectivity index (χ2n) is 4.37. The molecule has 0 radical (unpaired) electrons. The van der Waals surface area contributed by atoms with Crippen LogP contribution in [0.2, 0.25) is 0 Å². The average Bonchev–Trinajstić information content (AvgIpc) is 2.22. The average molecular weight is 210 g/mol. The Labute approximate surface area is 95.3 Å². The van der Waals surface area contributed by atoms with Gasteiger partial charge in [0.25, 0.3) is 0 Å². The number of hydrogen-bond donors (Lipinski definition) is 0. The molecule has 0 heterocycles. The van der Waals surface area contributed by atoms with Gasteiger partial charge in [-0.3, -0.25) is 4.90 Å². The molecule has 0 N–H and O–H groups in total. The maximum absolute atomic E-state index is 8.47. The minimum atomic E-state index is 0.566. The van der Waals surface area contributed by atoms with Gasteiger partial charge < -0.3 is 0 Å². The summed E-state index contributed by atoms with van der Waals surface area (Å²) < 4.78 is 0. The van der Waals surface area contributed by atoms with Gasteiger partial charge in [0.05, 0.1) is 12.6 Å². The summed E-state index contributed by atoms with van der Waals surface area (Å²) in [5.74, 6) is 0. The van der Waals surface area contributed by atoms with E-state index < -0.39 is 0 Å². The zero-order chi connectivity index (χ0) is 11.4. The molecule has 0 aliphatic rings. The van der Waals surface area contributed by atoms with Gasteiger partial charge in [0.1, 0.15) is 0 Å². The van der Waals surface area contributed by atoms with Gasteiger partial charge in [-0.05, 0) is 20.0 Å². The zero-order valence-corrected chi connectivity index (χ0v) is 10.5. The second-order valence-corrected chi connectivity index (χ2v) is 4.37. The molecule has 2 heteroatoms. The van der Waals surface area contributed by atoms with Gasteiger partial charge in [0.15, 0.2) is 0 Å². The zero-order valence-electron chi connectivity index (χ0n) is 10.5. The summed E-state index contributed by atoms with van der Waals surface area (Å²) in [6.07, 6.45) is 10.9. The molecule has 2 nitrogen and oxygen atoms in total. The topological polar surface area (TPSA) is 27.0 Å². The van der Waals surface area contributed by atoms with Crippen molar-refractivity contribution in [3.63, 3.8) is 0 Å². The van der Waals surface area contributed by atoms with Crippen LogP contribution in [0, 0.1) is 11.3 Å². The molecule has 0 spiro atoms. The summed E-state index contributed by atoms with van der Waals surface area (Å²) in [5, 5.41) is 8.47. The Kier molecular flexibility index (Phi) is 11.1. The summed E-state index contributed by atoms with van der Waals surface area (Å²) >= 11 is 0. The van der Waals surface area contributed by atoms with Crippen molar-refractivity contribution in [2.24, 2.45) is 0 Å². The molecule has 0 aromatic heterocycles. The first-order valence-electron chi connectivity index (χ1n) is 6.36. The highest BCUT2D eigenvalue weighted by atomic mass is 15.1. The lowest BCUT2D eigenvalue weighted by Gasteiger charge is -2.11. The predicted molar refractivity (Wildman–Crippen MR) is 65.7 cm³/mol. The largest absolute Gasteiger partial charge is 0.294 e. The van der Waals surface area contributed by atoms with Crippen LogP contribution in [-0.4, -0.2) is 25.0 Å². The van der Waals surface area contributed by atoms with Crippen molar-refractivity contribution in [1.82, 2.24) is 4.90 Å². The van der Waals surface area contributed by atoms with Crippen molar-refractivity contribution in [2.45, 2.75) is 58.3 Å². The van der Waals surface area contributed by atoms with E-state index in [2.05, 4.69) is 17.9 Å². The van der Waals surface area contributed by atoms with Crippen LogP contribution in [0.25, 0.3) is 0 Å². The maximum atomic E-state index is 8.47. The van der Waals surface area contributed by atoms with Gasteiger partial charge in [-0.15, -0.1) is 0 Å². The Hall–Kier alpha value is -0.550. The van der Waals surface area contributed by atoms with Crippen LogP contribution in [0.1, 0.15) is 58.3 Å². The Balaban J connectivity index is 3.02. The van der Waals surface area contributed by atoms with E-state index in [-0.39, 0.29) is 0 Å². The standard InChI is InChI=1S/C13H26N2/c1-3-4-5-6-7-8-9-10-12-15(2)13-11-14/h3-10,12-13H2,1-2H3. The van der Waals surface area contributed by atoms with Crippen LogP contribution in [0.5, 0.6) is 0 Å². The Morgan fingerprint density at radius 1 is 0.933 bits per heavy atom. The molecule has 0 atom stereocenters. The number of nitriles is 1. The monoisotopic (exact) mass is 210 g/mol. The van der Waals surface area contributed by atoms with Crippen LogP contribution in [0.15, 0.2) is 0 Å². The molecule has 88 valence electrons. The van der Waals surface area contributed by atoms with Gasteiger partial charge in [0.2, 0.25) is 0 Å². The number of unbranched alkanes of at least 4 members (excludes halogenated alkanes) is 7. The van der Waals surface area contributed by atoms with E-state index in [9.17, 15) is 0 Å². The SMILES string of the molecule is CCCCCCCCCCN(C)CC#N. The van der Waals surface area contributed by atoms with E-state index in [1.165, 1.54) is 51.4 Å². The first-order valence-corrected chi connectivity index (χ1v) is 6.36. The van der Waals surface area contributed by atoms with Crippen molar-refractivity contribution in [3.05, 3.63) is 0 Å². The maximum Gasteiger partial charge on any atom is 0.0863 e. The third-order valence-corrected chi connectivity index (χ3v) is 2.73. The van der Waals surface area contributed by atoms with Gasteiger partial charge >= 0.3 is 0 Å². The predicted octanol–water partition coefficient (Wildman–Crippen LogP) is 3.58. The highest BCUT2D eigenvalue weighted by Crippen LogP contribution is 2.08. The van der Waals surface area contributed by atoms with E-state index in [0.29, 0.717) is 6.54 Å². The fourth-order valence-electron chi connectivity index (χ4n) is 1.72. The molecule has 0 aromatic rings. The quantitative estimate of drug-likeness (QED) is 0.407. The Morgan fingerprint density at radius 3 is 2.00 bits per heavy atom. The van der Waals surface area contributed by atoms with Crippen molar-refractivity contribution >= 4 is 0 Å². The van der Waals surface area contributed by atoms with Crippen molar-refractivity contribution in [3.8, 4) is 6.07 Å². The smallest absolute Gasteiger partial charge is 0.0863 e. The third kappa shape index (κ3) is 11.4. The molecule has 0 aliphatic carbocycles. The minimum Gasteiger partial charge on any atom is -0.294 e. The molecule has 0 rings (SSSR count). The molecular weight excluding hydrogens is 184 g/mol. The molecular formula is C13H26N2. The molecule has 0 fully saturated rings. The highest BCUT2D eigenvalue weighted by molar-refractivity contribution is 4.73. The molecule has 0 saturated heterocycles. The summed E-state index contributed by atoms with van der Waals surface area (Å²) in [5.41, 5.74) is 0. The molecule has 0 amide bonds. The van der Waals surface area contributed by atoms with Crippen LogP contribution < -0.4 is 0 Å². The normalized spacial score (nSPS) is 10.5. The Morgan fingerprint density at radius 2 is 1.47 bits per heavy atom. The number of hydrogen-bond acceptors (Lipinski definition) is 2. The molecule has 0 aliphatic heterocycles. The van der Waals surface area contributed by atoms with Crippen LogP contribution >= 0.6 is 0 Å². The summed E-state index contributed by atoms with van der Waals surface area (Å²) in [4.78, 5) is 2.09. The lowest BCUT2D eigenvalue weighted by molar-refractivity contribution is 0.359. The molecule has 0 aromatic carbocycles. The third-order valence-electron chi connectivity index (χ3n) is 2.73. The number of nitrogens with zero attached hydrogens (tertiary/aromatic N) is 2. The van der Waals surface area contributed by atoms with Gasteiger partial charge in [-0.1, -0.05) is 51.9 Å². The van der Waals surface area contributed by atoms with Gasteiger partial charge in [-0.25, -0.2) is 0 Å². The van der Waals surface area contributed by atoms with E-state index >= 15 is 0 Å². The van der Waals surface area contributed by atoms with Crippen molar-refractivity contribution in [1.29, 1.82) is 5.26 Å². The lowest BCUT2D eigenvalue weighted by atomic mass is 10.1. The molecule has 0 unspecified atom stereocenters. The van der Waals surface area contributed by atoms with Crippen molar-refractivity contribution < 1.29 is 0 Å². The lowest BCUT2D eigenvalue weighted by Crippen LogP contribution is -2.19. The van der Waals surface area contributed by atoms with E-state index in [1.807, 2.05) is 7.05 Å². The first kappa shape index (κ1) is 14.5. The van der Waals surface area contributed by atoms with Gasteiger partial charge in [0, 0.05) is 0 Å². The highest BCUT2D eigenvalue weighted by Gasteiger charge is 1.96. The second kappa shape index (κ2) is 11.5. The molecule has 0 saturated carbocycles. The van der Waals surface area contributed by atoms with E-state index in [4.69, 9.17) is 5.26 Å². The van der Waals surface area contributed by atoms with Crippen LogP contribution in [0.4, 0.5) is 0 Å². The minimum absolute atomic E-state index is 0.566. The molecule has 15 heavy (non-hydrogen) atoms. The fraction of sp³-hybridized carbons (Fsp3) is 0.923. The Bertz CT molecular complexity index is 160. The van der Waals surface area contributed by atoms with E-state index in [0.717, 1.165) is 6.54 Å². The number of rotatable bonds is 10.